The van der Waals surface area contributed by atoms with E-state index in [2.05, 4.69) is 228 Å². The fourth-order valence-corrected chi connectivity index (χ4v) is 9.74. The maximum atomic E-state index is 2.50. The fraction of sp³-hybridized carbons (Fsp3) is 0. The van der Waals surface area contributed by atoms with Crippen molar-refractivity contribution in [2.75, 3.05) is 4.90 Å². The quantitative estimate of drug-likeness (QED) is 0.158. The van der Waals surface area contributed by atoms with E-state index in [0.717, 1.165) is 28.3 Å². The molecule has 0 spiro atoms. The first-order valence-corrected chi connectivity index (χ1v) is 20.3. The van der Waals surface area contributed by atoms with E-state index in [9.17, 15) is 0 Å². The SMILES string of the molecule is c1ccc(-c2ccc(N(c3ccccc3-c3ccc4sc5ccccc5c4c3)c3cccc4c3c3ccccc3n4-c3ccccc3)cc2-c2ccccc2)cc1. The molecule has 0 saturated heterocycles. The van der Waals surface area contributed by atoms with Gasteiger partial charge in [0.15, 0.2) is 0 Å². The molecule has 0 aliphatic rings. The molecule has 2 heterocycles. The number of rotatable bonds is 7. The van der Waals surface area contributed by atoms with Crippen molar-refractivity contribution in [2.24, 2.45) is 0 Å². The first-order chi connectivity index (χ1) is 28.3. The number of benzene rings is 9. The highest BCUT2D eigenvalue weighted by Crippen LogP contribution is 2.48. The maximum Gasteiger partial charge on any atom is 0.0562 e. The summed E-state index contributed by atoms with van der Waals surface area (Å²) in [4.78, 5) is 2.50. The van der Waals surface area contributed by atoms with Gasteiger partial charge in [-0.1, -0.05) is 152 Å². The average molecular weight is 745 g/mol. The number of aromatic nitrogens is 1. The van der Waals surface area contributed by atoms with Gasteiger partial charge in [-0.05, 0) is 94.5 Å². The second kappa shape index (κ2) is 13.8. The third-order valence-corrected chi connectivity index (χ3v) is 12.3. The van der Waals surface area contributed by atoms with Crippen LogP contribution in [0.2, 0.25) is 0 Å². The molecule has 0 bridgehead atoms. The molecule has 11 aromatic rings. The summed E-state index contributed by atoms with van der Waals surface area (Å²) in [6, 6.07) is 79.5. The monoisotopic (exact) mass is 744 g/mol. The Balaban J connectivity index is 1.22. The Hall–Kier alpha value is -7.20. The lowest BCUT2D eigenvalue weighted by molar-refractivity contribution is 1.18. The highest BCUT2D eigenvalue weighted by atomic mass is 32.1. The summed E-state index contributed by atoms with van der Waals surface area (Å²) in [6.45, 7) is 0. The molecule has 268 valence electrons. The van der Waals surface area contributed by atoms with E-state index in [0.29, 0.717) is 0 Å². The zero-order valence-corrected chi connectivity index (χ0v) is 31.9. The predicted molar refractivity (Wildman–Crippen MR) is 245 cm³/mol. The van der Waals surface area contributed by atoms with Gasteiger partial charge in [0.2, 0.25) is 0 Å². The predicted octanol–water partition coefficient (Wildman–Crippen LogP) is 15.6. The van der Waals surface area contributed by atoms with Crippen LogP contribution in [-0.2, 0) is 0 Å². The van der Waals surface area contributed by atoms with Gasteiger partial charge in [0.25, 0.3) is 0 Å². The summed E-state index contributed by atoms with van der Waals surface area (Å²) in [6.07, 6.45) is 0. The average Bonchev–Trinajstić information content (AvgIpc) is 3.83. The molecule has 0 fully saturated rings. The van der Waals surface area contributed by atoms with Gasteiger partial charge in [-0.25, -0.2) is 0 Å². The number of hydrogen-bond acceptors (Lipinski definition) is 2. The lowest BCUT2D eigenvalue weighted by Gasteiger charge is -2.30. The van der Waals surface area contributed by atoms with Crippen molar-refractivity contribution in [3.8, 4) is 39.1 Å². The van der Waals surface area contributed by atoms with Crippen LogP contribution in [0.1, 0.15) is 0 Å². The Morgan fingerprint density at radius 2 is 0.965 bits per heavy atom. The van der Waals surface area contributed by atoms with Crippen LogP contribution in [0.5, 0.6) is 0 Å². The van der Waals surface area contributed by atoms with E-state index in [4.69, 9.17) is 0 Å². The highest BCUT2D eigenvalue weighted by Gasteiger charge is 2.24. The minimum Gasteiger partial charge on any atom is -0.309 e. The number of para-hydroxylation sites is 3. The molecular formula is C54H36N2S. The third kappa shape index (κ3) is 5.63. The van der Waals surface area contributed by atoms with Gasteiger partial charge in [0.1, 0.15) is 0 Å². The van der Waals surface area contributed by atoms with Crippen molar-refractivity contribution in [1.29, 1.82) is 0 Å². The summed E-state index contributed by atoms with van der Waals surface area (Å²) in [5, 5.41) is 5.02. The van der Waals surface area contributed by atoms with Crippen molar-refractivity contribution in [1.82, 2.24) is 4.57 Å². The molecule has 2 nitrogen and oxygen atoms in total. The minimum absolute atomic E-state index is 1.09. The topological polar surface area (TPSA) is 8.17 Å². The molecule has 0 saturated carbocycles. The maximum absolute atomic E-state index is 2.50. The number of nitrogens with zero attached hydrogens (tertiary/aromatic N) is 2. The molecule has 57 heavy (non-hydrogen) atoms. The van der Waals surface area contributed by atoms with Crippen LogP contribution < -0.4 is 4.90 Å². The molecule has 0 aliphatic heterocycles. The molecule has 3 heteroatoms. The molecule has 0 aliphatic carbocycles. The number of fused-ring (bicyclic) bond motifs is 6. The van der Waals surface area contributed by atoms with Gasteiger partial charge in [0, 0.05) is 47.9 Å². The lowest BCUT2D eigenvalue weighted by atomic mass is 9.93. The van der Waals surface area contributed by atoms with E-state index in [1.807, 2.05) is 11.3 Å². The van der Waals surface area contributed by atoms with Crippen LogP contribution in [0.15, 0.2) is 218 Å². The molecule has 0 unspecified atom stereocenters. The van der Waals surface area contributed by atoms with Gasteiger partial charge in [-0.3, -0.25) is 0 Å². The molecule has 2 aromatic heterocycles. The zero-order chi connectivity index (χ0) is 37.7. The highest BCUT2D eigenvalue weighted by molar-refractivity contribution is 7.25. The summed E-state index contributed by atoms with van der Waals surface area (Å²) >= 11 is 1.86. The van der Waals surface area contributed by atoms with Crippen LogP contribution in [0.3, 0.4) is 0 Å². The minimum atomic E-state index is 1.09. The van der Waals surface area contributed by atoms with E-state index in [1.54, 1.807) is 0 Å². The summed E-state index contributed by atoms with van der Waals surface area (Å²) in [5.41, 5.74) is 13.9. The molecular weight excluding hydrogens is 709 g/mol. The molecule has 0 amide bonds. The number of thiophene rings is 1. The van der Waals surface area contributed by atoms with E-state index in [-0.39, 0.29) is 0 Å². The van der Waals surface area contributed by atoms with Crippen molar-refractivity contribution < 1.29 is 0 Å². The van der Waals surface area contributed by atoms with E-state index >= 15 is 0 Å². The normalized spacial score (nSPS) is 11.5. The Morgan fingerprint density at radius 3 is 1.77 bits per heavy atom. The molecule has 0 radical (unpaired) electrons. The first-order valence-electron chi connectivity index (χ1n) is 19.4. The summed E-state index contributed by atoms with van der Waals surface area (Å²) < 4.78 is 5.02. The standard InChI is InChI=1S/C54H36N2S/c1-4-17-37(18-5-1)42-33-32-41(36-46(42)38-19-6-2-7-20-38)56(48-26-13-10-23-43(48)39-31-34-53-47(35-39)44-24-12-15-30-52(44)57-53)51-29-16-28-50-54(51)45-25-11-14-27-49(45)55(50)40-21-8-3-9-22-40/h1-36H. The number of hydrogen-bond donors (Lipinski definition) is 0. The molecule has 11 rings (SSSR count). The first kappa shape index (κ1) is 33.2. The van der Waals surface area contributed by atoms with Gasteiger partial charge in [-0.15, -0.1) is 11.3 Å². The Morgan fingerprint density at radius 1 is 0.351 bits per heavy atom. The Kier molecular flexibility index (Phi) is 8.04. The van der Waals surface area contributed by atoms with Gasteiger partial charge < -0.3 is 9.47 Å². The van der Waals surface area contributed by atoms with E-state index < -0.39 is 0 Å². The zero-order valence-electron chi connectivity index (χ0n) is 31.1. The molecule has 0 N–H and O–H groups in total. The van der Waals surface area contributed by atoms with Crippen molar-refractivity contribution in [3.05, 3.63) is 218 Å². The fourth-order valence-electron chi connectivity index (χ4n) is 8.65. The summed E-state index contributed by atoms with van der Waals surface area (Å²) in [5.74, 6) is 0. The summed E-state index contributed by atoms with van der Waals surface area (Å²) in [7, 11) is 0. The van der Waals surface area contributed by atoms with Gasteiger partial charge in [-0.2, -0.15) is 0 Å². The smallest absolute Gasteiger partial charge is 0.0562 e. The Labute approximate surface area is 335 Å². The van der Waals surface area contributed by atoms with Crippen LogP contribution in [-0.4, -0.2) is 4.57 Å². The van der Waals surface area contributed by atoms with Crippen LogP contribution in [0, 0.1) is 0 Å². The van der Waals surface area contributed by atoms with Crippen LogP contribution >= 0.6 is 11.3 Å². The number of anilines is 3. The van der Waals surface area contributed by atoms with Crippen molar-refractivity contribution in [2.45, 2.75) is 0 Å². The molecule has 0 atom stereocenters. The van der Waals surface area contributed by atoms with Crippen molar-refractivity contribution >= 4 is 70.4 Å². The van der Waals surface area contributed by atoms with Crippen LogP contribution in [0.4, 0.5) is 17.1 Å². The Bertz CT molecular complexity index is 3230. The van der Waals surface area contributed by atoms with Gasteiger partial charge in [0.05, 0.1) is 22.4 Å². The second-order valence-electron chi connectivity index (χ2n) is 14.5. The largest absolute Gasteiger partial charge is 0.309 e. The van der Waals surface area contributed by atoms with Crippen LogP contribution in [0.25, 0.3) is 81.0 Å². The lowest BCUT2D eigenvalue weighted by Crippen LogP contribution is -2.12. The third-order valence-electron chi connectivity index (χ3n) is 11.2. The second-order valence-corrected chi connectivity index (χ2v) is 15.6. The molecule has 9 aromatic carbocycles. The van der Waals surface area contributed by atoms with E-state index in [1.165, 1.54) is 69.8 Å². The van der Waals surface area contributed by atoms with Gasteiger partial charge >= 0.3 is 0 Å². The van der Waals surface area contributed by atoms with Crippen molar-refractivity contribution in [3.63, 3.8) is 0 Å².